The van der Waals surface area contributed by atoms with Crippen molar-refractivity contribution in [1.82, 2.24) is 10.5 Å². The minimum Gasteiger partial charge on any atom is -0.461 e. The first kappa shape index (κ1) is 24.1. The standard InChI is InChI=1S/C16H12Cl2F6N4O2/c1-3-30-14(29)11-8(6-25)13(16(22,23)24)28(26-2)27(11)12-9(17)4-7(5-10(12)18)15(19,20)21/h4-5,13,26H,3H2,1-2H3. The van der Waals surface area contributed by atoms with Crippen molar-refractivity contribution < 1.29 is 35.9 Å². The first-order chi connectivity index (χ1) is 13.8. The first-order valence-electron chi connectivity index (χ1n) is 8.00. The summed E-state index contributed by atoms with van der Waals surface area (Å²) in [5.41, 5.74) is -1.62. The minimum absolute atomic E-state index is 0.250. The Balaban J connectivity index is 2.83. The van der Waals surface area contributed by atoms with E-state index in [2.05, 4.69) is 5.43 Å². The average molecular weight is 477 g/mol. The number of rotatable bonds is 4. The molecular weight excluding hydrogens is 465 g/mol. The number of ether oxygens (including phenoxy) is 1. The smallest absolute Gasteiger partial charge is 0.416 e. The van der Waals surface area contributed by atoms with Gasteiger partial charge in [-0.1, -0.05) is 23.2 Å². The molecule has 0 aliphatic carbocycles. The fraction of sp³-hybridized carbons (Fsp3) is 0.375. The van der Waals surface area contributed by atoms with Crippen molar-refractivity contribution >= 4 is 34.9 Å². The van der Waals surface area contributed by atoms with E-state index in [9.17, 15) is 36.4 Å². The summed E-state index contributed by atoms with van der Waals surface area (Å²) in [4.78, 5) is 12.4. The molecule has 1 aliphatic rings. The van der Waals surface area contributed by atoms with Crippen molar-refractivity contribution in [2.75, 3.05) is 18.7 Å². The number of nitrogens with zero attached hydrogens (tertiary/aromatic N) is 3. The summed E-state index contributed by atoms with van der Waals surface area (Å²) >= 11 is 11.8. The lowest BCUT2D eigenvalue weighted by molar-refractivity contribution is -0.175. The van der Waals surface area contributed by atoms with Gasteiger partial charge in [0.2, 0.25) is 0 Å². The number of esters is 1. The summed E-state index contributed by atoms with van der Waals surface area (Å²) in [5.74, 6) is -1.33. The van der Waals surface area contributed by atoms with Crippen molar-refractivity contribution in [1.29, 1.82) is 5.26 Å². The number of hydrogen-bond acceptors (Lipinski definition) is 6. The average Bonchev–Trinajstić information content (AvgIpc) is 2.94. The van der Waals surface area contributed by atoms with Crippen LogP contribution >= 0.6 is 23.2 Å². The largest absolute Gasteiger partial charge is 0.461 e. The third-order valence-electron chi connectivity index (χ3n) is 3.88. The number of anilines is 1. The summed E-state index contributed by atoms with van der Waals surface area (Å²) in [6.07, 6.45) is -9.91. The summed E-state index contributed by atoms with van der Waals surface area (Å²) in [5, 5.41) is 8.72. The number of carbonyl (C=O) groups excluding carboxylic acids is 1. The van der Waals surface area contributed by atoms with E-state index in [1.54, 1.807) is 0 Å². The van der Waals surface area contributed by atoms with Gasteiger partial charge in [-0.05, 0) is 19.1 Å². The third-order valence-corrected chi connectivity index (χ3v) is 4.46. The van der Waals surface area contributed by atoms with Gasteiger partial charge < -0.3 is 4.74 Å². The van der Waals surface area contributed by atoms with E-state index in [4.69, 9.17) is 27.9 Å². The van der Waals surface area contributed by atoms with Crippen LogP contribution in [-0.2, 0) is 15.7 Å². The monoisotopic (exact) mass is 476 g/mol. The molecule has 164 valence electrons. The molecule has 1 atom stereocenters. The Morgan fingerprint density at radius 3 is 2.13 bits per heavy atom. The van der Waals surface area contributed by atoms with Crippen LogP contribution < -0.4 is 10.4 Å². The normalized spacial score (nSPS) is 18.0. The van der Waals surface area contributed by atoms with Gasteiger partial charge in [-0.3, -0.25) is 0 Å². The molecule has 2 rings (SSSR count). The highest BCUT2D eigenvalue weighted by Crippen LogP contribution is 2.47. The molecular formula is C16H12Cl2F6N4O2. The molecule has 0 bridgehead atoms. The Morgan fingerprint density at radius 1 is 1.23 bits per heavy atom. The van der Waals surface area contributed by atoms with Crippen LogP contribution in [0.4, 0.5) is 32.0 Å². The van der Waals surface area contributed by atoms with E-state index in [0.717, 1.165) is 7.05 Å². The van der Waals surface area contributed by atoms with Crippen LogP contribution in [0.15, 0.2) is 23.4 Å². The Morgan fingerprint density at radius 2 is 1.77 bits per heavy atom. The fourth-order valence-corrected chi connectivity index (χ4v) is 3.43. The number of hydrogen-bond donors (Lipinski definition) is 1. The SMILES string of the molecule is CCOC(=O)C1=C(C#N)C(C(F)(F)F)N(NC)N1c1c(Cl)cc(C(F)(F)F)cc1Cl. The lowest BCUT2D eigenvalue weighted by Gasteiger charge is -2.35. The van der Waals surface area contributed by atoms with E-state index in [-0.39, 0.29) is 6.61 Å². The number of carbonyl (C=O) groups is 1. The molecule has 0 saturated carbocycles. The van der Waals surface area contributed by atoms with Gasteiger partial charge in [-0.15, -0.1) is 5.12 Å². The quantitative estimate of drug-likeness (QED) is 0.511. The Kier molecular flexibility index (Phi) is 6.82. The summed E-state index contributed by atoms with van der Waals surface area (Å²) in [6.45, 7) is 1.12. The molecule has 1 N–H and O–H groups in total. The zero-order valence-electron chi connectivity index (χ0n) is 15.1. The number of alkyl halides is 6. The van der Waals surface area contributed by atoms with E-state index < -0.39 is 56.9 Å². The molecule has 0 amide bonds. The van der Waals surface area contributed by atoms with Crippen LogP contribution in [0.5, 0.6) is 0 Å². The molecule has 1 unspecified atom stereocenters. The molecule has 0 fully saturated rings. The molecule has 0 spiro atoms. The maximum absolute atomic E-state index is 13.7. The van der Waals surface area contributed by atoms with Crippen LogP contribution in [0.3, 0.4) is 0 Å². The Hall–Kier alpha value is -2.20. The van der Waals surface area contributed by atoms with Crippen molar-refractivity contribution in [3.63, 3.8) is 0 Å². The number of nitrogens with one attached hydrogen (secondary N) is 1. The lowest BCUT2D eigenvalue weighted by Crippen LogP contribution is -2.56. The van der Waals surface area contributed by atoms with Crippen molar-refractivity contribution in [2.45, 2.75) is 25.3 Å². The highest BCUT2D eigenvalue weighted by molar-refractivity contribution is 6.39. The van der Waals surface area contributed by atoms with Crippen molar-refractivity contribution in [3.05, 3.63) is 39.0 Å². The van der Waals surface area contributed by atoms with Gasteiger partial charge in [-0.2, -0.15) is 31.6 Å². The maximum Gasteiger partial charge on any atom is 0.416 e. The molecule has 1 aromatic carbocycles. The zero-order chi connectivity index (χ0) is 23.0. The Labute approximate surface area is 176 Å². The number of nitriles is 1. The topological polar surface area (TPSA) is 68.6 Å². The number of benzene rings is 1. The minimum atomic E-state index is -5.06. The van der Waals surface area contributed by atoms with Crippen LogP contribution in [-0.4, -0.2) is 37.0 Å². The molecule has 30 heavy (non-hydrogen) atoms. The second-order valence-electron chi connectivity index (χ2n) is 5.70. The van der Waals surface area contributed by atoms with Gasteiger partial charge in [0.15, 0.2) is 11.7 Å². The first-order valence-corrected chi connectivity index (χ1v) is 8.76. The molecule has 14 heteroatoms. The van der Waals surface area contributed by atoms with Gasteiger partial charge in [0.25, 0.3) is 0 Å². The molecule has 0 aromatic heterocycles. The van der Waals surface area contributed by atoms with Gasteiger partial charge in [0.1, 0.15) is 0 Å². The highest BCUT2D eigenvalue weighted by Gasteiger charge is 2.57. The summed E-state index contributed by atoms with van der Waals surface area (Å²) in [6, 6.07) is -0.474. The maximum atomic E-state index is 13.7. The highest BCUT2D eigenvalue weighted by atomic mass is 35.5. The van der Waals surface area contributed by atoms with Crippen LogP contribution in [0.25, 0.3) is 0 Å². The third kappa shape index (κ3) is 4.29. The predicted molar refractivity (Wildman–Crippen MR) is 94.0 cm³/mol. The molecule has 0 radical (unpaired) electrons. The zero-order valence-corrected chi connectivity index (χ0v) is 16.6. The second-order valence-corrected chi connectivity index (χ2v) is 6.52. The predicted octanol–water partition coefficient (Wildman–Crippen LogP) is 4.46. The van der Waals surface area contributed by atoms with E-state index in [1.807, 2.05) is 0 Å². The lowest BCUT2D eigenvalue weighted by atomic mass is 10.1. The van der Waals surface area contributed by atoms with Gasteiger partial charge in [0, 0.05) is 7.05 Å². The Bertz CT molecular complexity index is 903. The number of halogens is 8. The van der Waals surface area contributed by atoms with Crippen LogP contribution in [0, 0.1) is 11.3 Å². The van der Waals surface area contributed by atoms with Gasteiger partial charge >= 0.3 is 18.3 Å². The summed E-state index contributed by atoms with van der Waals surface area (Å²) < 4.78 is 84.9. The van der Waals surface area contributed by atoms with E-state index >= 15 is 0 Å². The van der Waals surface area contributed by atoms with E-state index in [0.29, 0.717) is 22.3 Å². The van der Waals surface area contributed by atoms with Gasteiger partial charge in [-0.25, -0.2) is 15.2 Å². The van der Waals surface area contributed by atoms with Crippen LogP contribution in [0.2, 0.25) is 10.0 Å². The molecule has 6 nitrogen and oxygen atoms in total. The second kappa shape index (κ2) is 8.50. The van der Waals surface area contributed by atoms with Crippen molar-refractivity contribution in [3.8, 4) is 6.07 Å². The van der Waals surface area contributed by atoms with Crippen molar-refractivity contribution in [2.24, 2.45) is 0 Å². The van der Waals surface area contributed by atoms with Gasteiger partial charge in [0.05, 0.1) is 39.5 Å². The number of hydrazine groups is 2. The molecule has 1 aliphatic heterocycles. The fourth-order valence-electron chi connectivity index (χ4n) is 2.78. The summed E-state index contributed by atoms with van der Waals surface area (Å²) in [7, 11) is 1.04. The molecule has 1 aromatic rings. The van der Waals surface area contributed by atoms with Crippen LogP contribution in [0.1, 0.15) is 12.5 Å². The molecule has 1 heterocycles. The van der Waals surface area contributed by atoms with E-state index in [1.165, 1.54) is 13.0 Å². The molecule has 0 saturated heterocycles.